The Balaban J connectivity index is 0.000000228. The summed E-state index contributed by atoms with van der Waals surface area (Å²) in [5.41, 5.74) is 10.3. The smallest absolute Gasteiger partial charge is 0.147 e. The van der Waals surface area contributed by atoms with Crippen molar-refractivity contribution >= 4 is 43.7 Å². The van der Waals surface area contributed by atoms with Gasteiger partial charge in [0.1, 0.15) is 11.1 Å². The van der Waals surface area contributed by atoms with Crippen LogP contribution < -0.4 is 0 Å². The number of rotatable bonds is 3. The Morgan fingerprint density at radius 1 is 0.574 bits per heavy atom. The Labute approximate surface area is 285 Å². The van der Waals surface area contributed by atoms with Crippen LogP contribution in [0.1, 0.15) is 5.69 Å². The zero-order chi connectivity index (χ0) is 30.9. The van der Waals surface area contributed by atoms with Crippen LogP contribution in [0.15, 0.2) is 144 Å². The Morgan fingerprint density at radius 2 is 1.40 bits per heavy atom. The second-order valence-electron chi connectivity index (χ2n) is 11.0. The van der Waals surface area contributed by atoms with Gasteiger partial charge in [-0.2, -0.15) is 0 Å². The number of benzene rings is 4. The van der Waals surface area contributed by atoms with Crippen LogP contribution in [0.25, 0.3) is 77.4 Å². The number of furan rings is 1. The van der Waals surface area contributed by atoms with Crippen molar-refractivity contribution in [2.75, 3.05) is 0 Å². The van der Waals surface area contributed by atoms with Crippen molar-refractivity contribution < 1.29 is 24.5 Å². The van der Waals surface area contributed by atoms with Crippen LogP contribution in [-0.4, -0.2) is 19.9 Å². The first-order valence-electron chi connectivity index (χ1n) is 15.0. The van der Waals surface area contributed by atoms with E-state index in [0.717, 1.165) is 83.1 Å². The molecule has 47 heavy (non-hydrogen) atoms. The number of fused-ring (bicyclic) bond motifs is 6. The van der Waals surface area contributed by atoms with Gasteiger partial charge < -0.3 is 14.4 Å². The summed E-state index contributed by atoms with van der Waals surface area (Å²) in [6.07, 6.45) is 5.44. The summed E-state index contributed by atoms with van der Waals surface area (Å²) in [5, 5.41) is 4.26. The molecule has 0 aliphatic heterocycles. The van der Waals surface area contributed by atoms with Gasteiger partial charge in [-0.05, 0) is 65.8 Å². The Hall–Kier alpha value is -5.55. The minimum atomic E-state index is 0. The molecule has 0 unspecified atom stereocenters. The SMILES string of the molecule is Cc1ccc2ccc3c4cc[c-]c(-c5cc(-c6ccc7ncccc7c6)ccn5)c4oc3c2n1.[Ir].[c-]1ccccc1-c1ccccn1. The van der Waals surface area contributed by atoms with Gasteiger partial charge in [0.2, 0.25) is 0 Å². The molecule has 0 spiro atoms. The maximum Gasteiger partial charge on any atom is 0.147 e. The van der Waals surface area contributed by atoms with Crippen LogP contribution >= 0.6 is 0 Å². The molecule has 0 amide bonds. The largest absolute Gasteiger partial charge is 0.498 e. The van der Waals surface area contributed by atoms with E-state index in [9.17, 15) is 0 Å². The monoisotopic (exact) mass is 783 g/mol. The van der Waals surface area contributed by atoms with E-state index < -0.39 is 0 Å². The molecule has 0 bridgehead atoms. The topological polar surface area (TPSA) is 64.7 Å². The number of aryl methyl sites for hydroxylation is 1. The van der Waals surface area contributed by atoms with Crippen molar-refractivity contribution in [3.05, 3.63) is 158 Å². The zero-order valence-corrected chi connectivity index (χ0v) is 27.7. The first kappa shape index (κ1) is 30.1. The number of pyridine rings is 4. The van der Waals surface area contributed by atoms with E-state index in [1.807, 2.05) is 92.1 Å². The third-order valence-corrected chi connectivity index (χ3v) is 8.00. The molecule has 5 nitrogen and oxygen atoms in total. The Morgan fingerprint density at radius 3 is 2.28 bits per heavy atom. The van der Waals surface area contributed by atoms with Crippen LogP contribution in [0, 0.1) is 19.1 Å². The summed E-state index contributed by atoms with van der Waals surface area (Å²) in [6.45, 7) is 2.00. The molecule has 9 aromatic rings. The molecule has 0 aliphatic carbocycles. The minimum absolute atomic E-state index is 0. The van der Waals surface area contributed by atoms with Crippen LogP contribution in [0.3, 0.4) is 0 Å². The summed E-state index contributed by atoms with van der Waals surface area (Å²) in [5.74, 6) is 0. The van der Waals surface area contributed by atoms with Gasteiger partial charge in [-0.15, -0.1) is 54.1 Å². The van der Waals surface area contributed by atoms with Crippen molar-refractivity contribution in [2.24, 2.45) is 0 Å². The first-order valence-corrected chi connectivity index (χ1v) is 15.0. The van der Waals surface area contributed by atoms with E-state index in [1.165, 1.54) is 0 Å². The fraction of sp³-hybridized carbons (Fsp3) is 0.0244. The average molecular weight is 783 g/mol. The van der Waals surface area contributed by atoms with Crippen molar-refractivity contribution in [3.8, 4) is 33.6 Å². The minimum Gasteiger partial charge on any atom is -0.498 e. The van der Waals surface area contributed by atoms with Crippen LogP contribution in [0.4, 0.5) is 0 Å². The summed E-state index contributed by atoms with van der Waals surface area (Å²) >= 11 is 0. The first-order chi connectivity index (χ1) is 22.7. The van der Waals surface area contributed by atoms with Crippen molar-refractivity contribution in [1.29, 1.82) is 0 Å². The maximum absolute atomic E-state index is 6.47. The number of hydrogen-bond donors (Lipinski definition) is 0. The number of hydrogen-bond acceptors (Lipinski definition) is 5. The van der Waals surface area contributed by atoms with Gasteiger partial charge >= 0.3 is 0 Å². The summed E-state index contributed by atoms with van der Waals surface area (Å²) in [7, 11) is 0. The van der Waals surface area contributed by atoms with E-state index in [2.05, 4.69) is 75.6 Å². The van der Waals surface area contributed by atoms with E-state index >= 15 is 0 Å². The summed E-state index contributed by atoms with van der Waals surface area (Å²) in [4.78, 5) is 18.1. The normalized spacial score (nSPS) is 10.9. The molecule has 5 aromatic heterocycles. The third-order valence-electron chi connectivity index (χ3n) is 8.00. The molecule has 1 radical (unpaired) electrons. The molecule has 4 aromatic carbocycles. The molecule has 6 heteroatoms. The molecule has 0 atom stereocenters. The second-order valence-corrected chi connectivity index (χ2v) is 11.0. The van der Waals surface area contributed by atoms with Gasteiger partial charge in [-0.3, -0.25) is 4.98 Å². The van der Waals surface area contributed by atoms with E-state index in [4.69, 9.17) is 9.40 Å². The van der Waals surface area contributed by atoms with Crippen molar-refractivity contribution in [3.63, 3.8) is 0 Å². The van der Waals surface area contributed by atoms with Crippen LogP contribution in [-0.2, 0) is 20.1 Å². The Kier molecular flexibility index (Phi) is 8.36. The third kappa shape index (κ3) is 5.93. The van der Waals surface area contributed by atoms with Crippen LogP contribution in [0.2, 0.25) is 0 Å². The van der Waals surface area contributed by atoms with E-state index in [-0.39, 0.29) is 20.1 Å². The molecule has 0 saturated carbocycles. The fourth-order valence-corrected chi connectivity index (χ4v) is 5.75. The molecule has 5 heterocycles. The van der Waals surface area contributed by atoms with Crippen molar-refractivity contribution in [2.45, 2.75) is 6.92 Å². The second kappa shape index (κ2) is 13.1. The average Bonchev–Trinajstić information content (AvgIpc) is 3.52. The van der Waals surface area contributed by atoms with Gasteiger partial charge in [0, 0.05) is 60.5 Å². The molecule has 227 valence electrons. The summed E-state index contributed by atoms with van der Waals surface area (Å²) < 4.78 is 6.47. The fourth-order valence-electron chi connectivity index (χ4n) is 5.75. The Bertz CT molecular complexity index is 2460. The molecule has 9 rings (SSSR count). The van der Waals surface area contributed by atoms with Gasteiger partial charge in [0.15, 0.2) is 0 Å². The molecular weight excluding hydrogens is 757 g/mol. The van der Waals surface area contributed by atoms with Gasteiger partial charge in [0.05, 0.1) is 11.1 Å². The van der Waals surface area contributed by atoms with E-state index in [0.29, 0.717) is 0 Å². The molecule has 0 N–H and O–H groups in total. The van der Waals surface area contributed by atoms with Crippen molar-refractivity contribution in [1.82, 2.24) is 19.9 Å². The number of nitrogens with zero attached hydrogens (tertiary/aromatic N) is 4. The van der Waals surface area contributed by atoms with Crippen LogP contribution in [0.5, 0.6) is 0 Å². The molecule has 0 saturated heterocycles. The zero-order valence-electron chi connectivity index (χ0n) is 25.3. The van der Waals surface area contributed by atoms with Gasteiger partial charge in [-0.1, -0.05) is 59.5 Å². The molecule has 0 fully saturated rings. The molecular formula is C41H26IrN4O-2. The van der Waals surface area contributed by atoms with Gasteiger partial charge in [-0.25, -0.2) is 4.98 Å². The predicted molar refractivity (Wildman–Crippen MR) is 185 cm³/mol. The maximum atomic E-state index is 6.47. The molecule has 0 aliphatic rings. The summed E-state index contributed by atoms with van der Waals surface area (Å²) in [6, 6.07) is 47.0. The predicted octanol–water partition coefficient (Wildman–Crippen LogP) is 10.1. The van der Waals surface area contributed by atoms with E-state index in [1.54, 1.807) is 6.20 Å². The number of aromatic nitrogens is 4. The quantitative estimate of drug-likeness (QED) is 0.167. The standard InChI is InChI=1S/C30H18N3O.C11H8N.Ir/c1-18-7-8-19-9-11-24-23-5-2-6-25(29(23)34-30(24)28(19)33-18)27-17-21(13-15-32-27)20-10-12-26-22(16-20)4-3-14-31-26;1-2-6-10(7-3-1)11-8-4-5-9-12-11;/h2-5,7-17H,1H3;1-6,8-9H;/q2*-1;. The van der Waals surface area contributed by atoms with Gasteiger partial charge in [0.25, 0.3) is 0 Å².